The summed E-state index contributed by atoms with van der Waals surface area (Å²) in [6.07, 6.45) is 4.66. The minimum atomic E-state index is 0.0175. The molecule has 3 atom stereocenters. The summed E-state index contributed by atoms with van der Waals surface area (Å²) in [6.45, 7) is 4.04. The van der Waals surface area contributed by atoms with Gasteiger partial charge in [0.05, 0.1) is 14.0 Å². The van der Waals surface area contributed by atoms with Crippen LogP contribution in [0.25, 0.3) is 0 Å². The molecule has 0 spiro atoms. The molecule has 0 bridgehead atoms. The van der Waals surface area contributed by atoms with Gasteiger partial charge in [-0.15, -0.1) is 0 Å². The second-order valence-corrected chi connectivity index (χ2v) is 3.36. The predicted molar refractivity (Wildman–Crippen MR) is 56.0 cm³/mol. The molecule has 0 aromatic rings. The fourth-order valence-electron chi connectivity index (χ4n) is 1.27. The van der Waals surface area contributed by atoms with E-state index in [-0.39, 0.29) is 24.4 Å². The smallest absolute Gasteiger partial charge is 0.0756 e. The third kappa shape index (κ3) is 5.11. The van der Waals surface area contributed by atoms with E-state index in [4.69, 9.17) is 17.7 Å². The van der Waals surface area contributed by atoms with Crippen molar-refractivity contribution in [1.29, 1.82) is 0 Å². The third-order valence-electron chi connectivity index (χ3n) is 2.17. The van der Waals surface area contributed by atoms with Crippen LogP contribution in [0.15, 0.2) is 12.2 Å². The van der Waals surface area contributed by atoms with Crippen LogP contribution in [0, 0.1) is 5.92 Å². The Bertz CT molecular complexity index is 148. The summed E-state index contributed by atoms with van der Waals surface area (Å²) in [4.78, 5) is 0. The van der Waals surface area contributed by atoms with Crippen LogP contribution in [0.1, 0.15) is 20.3 Å². The lowest BCUT2D eigenvalue weighted by Gasteiger charge is -2.23. The maximum absolute atomic E-state index is 8.94. The molecule has 0 amide bonds. The van der Waals surface area contributed by atoms with Gasteiger partial charge in [-0.25, -0.2) is 0 Å². The SMILES string of the molecule is [B]C(C=CC)CC(OC)C(C)CO. The van der Waals surface area contributed by atoms with Crippen LogP contribution >= 0.6 is 0 Å². The topological polar surface area (TPSA) is 29.5 Å². The van der Waals surface area contributed by atoms with Crippen molar-refractivity contribution >= 4 is 7.85 Å². The zero-order chi connectivity index (χ0) is 10.3. The third-order valence-corrected chi connectivity index (χ3v) is 2.17. The summed E-state index contributed by atoms with van der Waals surface area (Å²) in [7, 11) is 7.46. The molecule has 3 unspecified atom stereocenters. The normalized spacial score (nSPS) is 18.8. The highest BCUT2D eigenvalue weighted by Gasteiger charge is 2.17. The highest BCUT2D eigenvalue weighted by molar-refractivity contribution is 6.12. The number of aliphatic hydroxyl groups excluding tert-OH is 1. The molecule has 3 heteroatoms. The molecular formula is C10H19BO2. The molecule has 2 nitrogen and oxygen atoms in total. The Balaban J connectivity index is 3.96. The summed E-state index contributed by atoms with van der Waals surface area (Å²) in [5, 5.41) is 8.94. The zero-order valence-electron chi connectivity index (χ0n) is 8.73. The highest BCUT2D eigenvalue weighted by atomic mass is 16.5. The molecular weight excluding hydrogens is 163 g/mol. The first kappa shape index (κ1) is 12.7. The van der Waals surface area contributed by atoms with Crippen LogP contribution in [-0.4, -0.2) is 32.8 Å². The standard InChI is InChI=1S/C10H19BO2/c1-4-5-9(11)6-10(13-3)8(2)7-12/h4-5,8-10,12H,6-7H2,1-3H3. The van der Waals surface area contributed by atoms with E-state index in [1.807, 2.05) is 26.0 Å². The van der Waals surface area contributed by atoms with E-state index >= 15 is 0 Å². The molecule has 1 N–H and O–H groups in total. The van der Waals surface area contributed by atoms with Gasteiger partial charge in [-0.3, -0.25) is 0 Å². The van der Waals surface area contributed by atoms with Gasteiger partial charge in [-0.1, -0.05) is 24.9 Å². The number of allylic oxidation sites excluding steroid dienone is 2. The quantitative estimate of drug-likeness (QED) is 0.498. The Morgan fingerprint density at radius 1 is 1.54 bits per heavy atom. The van der Waals surface area contributed by atoms with Gasteiger partial charge in [0.1, 0.15) is 0 Å². The van der Waals surface area contributed by atoms with Gasteiger partial charge in [-0.05, 0) is 13.3 Å². The van der Waals surface area contributed by atoms with Crippen molar-refractivity contribution in [3.63, 3.8) is 0 Å². The lowest BCUT2D eigenvalue weighted by molar-refractivity contribution is 0.0291. The maximum atomic E-state index is 8.94. The molecule has 2 radical (unpaired) electrons. The van der Waals surface area contributed by atoms with Crippen molar-refractivity contribution in [2.24, 2.45) is 5.92 Å². The van der Waals surface area contributed by atoms with Crippen LogP contribution in [-0.2, 0) is 4.74 Å². The fraction of sp³-hybridized carbons (Fsp3) is 0.800. The molecule has 0 aromatic heterocycles. The molecule has 0 heterocycles. The molecule has 74 valence electrons. The van der Waals surface area contributed by atoms with E-state index in [2.05, 4.69) is 0 Å². The Kier molecular flexibility index (Phi) is 7.01. The van der Waals surface area contributed by atoms with Crippen molar-refractivity contribution in [2.75, 3.05) is 13.7 Å². The fourth-order valence-corrected chi connectivity index (χ4v) is 1.27. The molecule has 0 rings (SSSR count). The summed E-state index contributed by atoms with van der Waals surface area (Å²) < 4.78 is 5.25. The van der Waals surface area contributed by atoms with E-state index in [1.54, 1.807) is 7.11 Å². The van der Waals surface area contributed by atoms with E-state index in [1.165, 1.54) is 0 Å². The number of hydrogen-bond acceptors (Lipinski definition) is 2. The van der Waals surface area contributed by atoms with Gasteiger partial charge < -0.3 is 9.84 Å². The second-order valence-electron chi connectivity index (χ2n) is 3.36. The largest absolute Gasteiger partial charge is 0.396 e. The average molecular weight is 182 g/mol. The van der Waals surface area contributed by atoms with Gasteiger partial charge in [0.2, 0.25) is 0 Å². The minimum Gasteiger partial charge on any atom is -0.396 e. The first-order valence-electron chi connectivity index (χ1n) is 4.67. The van der Waals surface area contributed by atoms with Crippen molar-refractivity contribution in [3.8, 4) is 0 Å². The molecule has 0 fully saturated rings. The first-order valence-corrected chi connectivity index (χ1v) is 4.67. The molecule has 0 saturated carbocycles. The Labute approximate surface area is 82.4 Å². The van der Waals surface area contributed by atoms with Crippen LogP contribution in [0.5, 0.6) is 0 Å². The van der Waals surface area contributed by atoms with E-state index < -0.39 is 0 Å². The van der Waals surface area contributed by atoms with Crippen LogP contribution in [0.3, 0.4) is 0 Å². The lowest BCUT2D eigenvalue weighted by atomic mass is 9.80. The Morgan fingerprint density at radius 3 is 2.54 bits per heavy atom. The van der Waals surface area contributed by atoms with Crippen LogP contribution < -0.4 is 0 Å². The van der Waals surface area contributed by atoms with E-state index in [0.717, 1.165) is 6.42 Å². The first-order chi connectivity index (χ1) is 6.15. The molecule has 0 aliphatic heterocycles. The summed E-state index contributed by atoms with van der Waals surface area (Å²) in [6, 6.07) is 0. The van der Waals surface area contributed by atoms with Crippen molar-refractivity contribution in [2.45, 2.75) is 32.2 Å². The van der Waals surface area contributed by atoms with Gasteiger partial charge in [0, 0.05) is 19.6 Å². The molecule has 13 heavy (non-hydrogen) atoms. The molecule has 0 aliphatic rings. The van der Waals surface area contributed by atoms with Crippen molar-refractivity contribution < 1.29 is 9.84 Å². The van der Waals surface area contributed by atoms with E-state index in [0.29, 0.717) is 0 Å². The summed E-state index contributed by atoms with van der Waals surface area (Å²) >= 11 is 0. The average Bonchev–Trinajstić information content (AvgIpc) is 2.13. The van der Waals surface area contributed by atoms with Crippen molar-refractivity contribution in [3.05, 3.63) is 12.2 Å². The summed E-state index contributed by atoms with van der Waals surface area (Å²) in [5.41, 5.74) is 0. The molecule has 0 saturated heterocycles. The van der Waals surface area contributed by atoms with Gasteiger partial charge in [-0.2, -0.15) is 0 Å². The van der Waals surface area contributed by atoms with Crippen LogP contribution in [0.2, 0.25) is 5.82 Å². The maximum Gasteiger partial charge on any atom is 0.0756 e. The van der Waals surface area contributed by atoms with Gasteiger partial charge in [0.25, 0.3) is 0 Å². The molecule has 0 aromatic carbocycles. The molecule has 0 aliphatic carbocycles. The second kappa shape index (κ2) is 7.16. The Hall–Kier alpha value is -0.275. The summed E-state index contributed by atoms with van der Waals surface area (Å²) in [5.74, 6) is 0.158. The number of hydrogen-bond donors (Lipinski definition) is 1. The number of ether oxygens (including phenoxy) is 1. The predicted octanol–water partition coefficient (Wildman–Crippen LogP) is 1.55. The number of aliphatic hydroxyl groups is 1. The minimum absolute atomic E-state index is 0.0175. The van der Waals surface area contributed by atoms with Gasteiger partial charge in [0.15, 0.2) is 0 Å². The highest BCUT2D eigenvalue weighted by Crippen LogP contribution is 2.18. The monoisotopic (exact) mass is 182 g/mol. The van der Waals surface area contributed by atoms with Crippen molar-refractivity contribution in [1.82, 2.24) is 0 Å². The van der Waals surface area contributed by atoms with E-state index in [9.17, 15) is 0 Å². The Morgan fingerprint density at radius 2 is 2.15 bits per heavy atom. The lowest BCUT2D eigenvalue weighted by Crippen LogP contribution is -2.24. The number of methoxy groups -OCH3 is 1. The van der Waals surface area contributed by atoms with Gasteiger partial charge >= 0.3 is 0 Å². The zero-order valence-corrected chi connectivity index (χ0v) is 8.73. The number of rotatable bonds is 6. The van der Waals surface area contributed by atoms with Crippen LogP contribution in [0.4, 0.5) is 0 Å².